The molecule has 2 aromatic carbocycles. The van der Waals surface area contributed by atoms with Crippen LogP contribution >= 0.6 is 0 Å². The molecule has 2 aromatic rings. The Balaban J connectivity index is 1.69. The average molecular weight is 322 g/mol. The third-order valence-corrected chi connectivity index (χ3v) is 4.31. The van der Waals surface area contributed by atoms with E-state index in [1.54, 1.807) is 7.11 Å². The van der Waals surface area contributed by atoms with Crippen molar-refractivity contribution in [2.24, 2.45) is 4.99 Å². The molecule has 0 radical (unpaired) electrons. The lowest BCUT2D eigenvalue weighted by molar-refractivity contribution is -0.116. The zero-order chi connectivity index (χ0) is 16.9. The fourth-order valence-electron chi connectivity index (χ4n) is 2.97. The van der Waals surface area contributed by atoms with Gasteiger partial charge in [-0.05, 0) is 48.1 Å². The summed E-state index contributed by atoms with van der Waals surface area (Å²) in [6, 6.07) is 13.8. The molecule has 1 atom stereocenters. The highest BCUT2D eigenvalue weighted by Gasteiger charge is 2.15. The number of carbonyl (C=O) groups excluding carboxylic acids is 1. The van der Waals surface area contributed by atoms with Crippen LogP contribution in [0, 0.1) is 0 Å². The minimum Gasteiger partial charge on any atom is -0.497 e. The molecular formula is C20H22N2O2. The summed E-state index contributed by atoms with van der Waals surface area (Å²) in [4.78, 5) is 16.9. The van der Waals surface area contributed by atoms with Crippen molar-refractivity contribution < 1.29 is 9.53 Å². The molecule has 1 aliphatic heterocycles. The van der Waals surface area contributed by atoms with E-state index < -0.39 is 0 Å². The van der Waals surface area contributed by atoms with Crippen LogP contribution in [0.2, 0.25) is 0 Å². The van der Waals surface area contributed by atoms with Crippen molar-refractivity contribution in [2.45, 2.75) is 32.1 Å². The van der Waals surface area contributed by atoms with Crippen LogP contribution in [0.5, 0.6) is 5.75 Å². The van der Waals surface area contributed by atoms with Crippen LogP contribution in [0.1, 0.15) is 36.8 Å². The van der Waals surface area contributed by atoms with Gasteiger partial charge in [0.25, 0.3) is 0 Å². The number of nitrogens with one attached hydrogen (secondary N) is 1. The number of para-hydroxylation sites is 1. The van der Waals surface area contributed by atoms with Crippen LogP contribution in [0.25, 0.3) is 0 Å². The van der Waals surface area contributed by atoms with Gasteiger partial charge in [0.05, 0.1) is 18.5 Å². The summed E-state index contributed by atoms with van der Waals surface area (Å²) in [5, 5.41) is 3.02. The molecule has 0 aromatic heterocycles. The van der Waals surface area contributed by atoms with E-state index in [1.807, 2.05) is 49.5 Å². The quantitative estimate of drug-likeness (QED) is 0.882. The van der Waals surface area contributed by atoms with E-state index >= 15 is 0 Å². The van der Waals surface area contributed by atoms with E-state index in [9.17, 15) is 4.79 Å². The largest absolute Gasteiger partial charge is 0.497 e. The van der Waals surface area contributed by atoms with Crippen LogP contribution in [0.4, 0.5) is 11.4 Å². The summed E-state index contributed by atoms with van der Waals surface area (Å²) in [7, 11) is 1.65. The van der Waals surface area contributed by atoms with Crippen molar-refractivity contribution in [3.8, 4) is 5.75 Å². The second-order valence-corrected chi connectivity index (χ2v) is 6.09. The number of hydrogen-bond acceptors (Lipinski definition) is 3. The zero-order valence-corrected chi connectivity index (χ0v) is 14.1. The van der Waals surface area contributed by atoms with Crippen LogP contribution < -0.4 is 10.1 Å². The maximum atomic E-state index is 12.4. The number of rotatable bonds is 5. The summed E-state index contributed by atoms with van der Waals surface area (Å²) in [5.74, 6) is 0.925. The van der Waals surface area contributed by atoms with Crippen molar-refractivity contribution in [2.75, 3.05) is 12.4 Å². The number of fused-ring (bicyclic) bond motifs is 1. The lowest BCUT2D eigenvalue weighted by Gasteiger charge is -2.16. The van der Waals surface area contributed by atoms with Gasteiger partial charge < -0.3 is 10.1 Å². The Kier molecular flexibility index (Phi) is 4.94. The van der Waals surface area contributed by atoms with Crippen LogP contribution in [0.3, 0.4) is 0 Å². The normalized spacial score (nSPS) is 13.9. The molecule has 3 rings (SSSR count). The van der Waals surface area contributed by atoms with Gasteiger partial charge >= 0.3 is 0 Å². The summed E-state index contributed by atoms with van der Waals surface area (Å²) >= 11 is 0. The van der Waals surface area contributed by atoms with Crippen molar-refractivity contribution in [3.05, 3.63) is 53.6 Å². The second-order valence-electron chi connectivity index (χ2n) is 6.09. The lowest BCUT2D eigenvalue weighted by atomic mass is 9.97. The first-order chi connectivity index (χ1) is 11.7. The third kappa shape index (κ3) is 3.65. The van der Waals surface area contributed by atoms with Gasteiger partial charge in [-0.25, -0.2) is 0 Å². The van der Waals surface area contributed by atoms with Crippen LogP contribution in [-0.4, -0.2) is 19.2 Å². The molecule has 1 unspecified atom stereocenters. The molecule has 1 N–H and O–H groups in total. The van der Waals surface area contributed by atoms with Gasteiger partial charge in [-0.3, -0.25) is 9.79 Å². The molecule has 0 fully saturated rings. The molecule has 0 spiro atoms. The van der Waals surface area contributed by atoms with Crippen molar-refractivity contribution in [1.82, 2.24) is 0 Å². The number of anilines is 1. The van der Waals surface area contributed by atoms with E-state index in [0.717, 1.165) is 35.5 Å². The number of hydrogen-bond donors (Lipinski definition) is 1. The molecule has 1 heterocycles. The number of carbonyl (C=O) groups is 1. The molecule has 4 heteroatoms. The number of benzene rings is 2. The van der Waals surface area contributed by atoms with Gasteiger partial charge in [-0.15, -0.1) is 0 Å². The summed E-state index contributed by atoms with van der Waals surface area (Å²) in [5.41, 5.74) is 3.98. The summed E-state index contributed by atoms with van der Waals surface area (Å²) in [6.07, 6.45) is 4.26. The van der Waals surface area contributed by atoms with Gasteiger partial charge in [0.2, 0.25) is 5.91 Å². The molecule has 0 aliphatic carbocycles. The Morgan fingerprint density at radius 1 is 1.29 bits per heavy atom. The Labute approximate surface area is 142 Å². The van der Waals surface area contributed by atoms with Gasteiger partial charge in [0.1, 0.15) is 5.75 Å². The van der Waals surface area contributed by atoms with E-state index in [-0.39, 0.29) is 11.8 Å². The Morgan fingerprint density at radius 3 is 2.96 bits per heavy atom. The summed E-state index contributed by atoms with van der Waals surface area (Å²) < 4.78 is 5.25. The highest BCUT2D eigenvalue weighted by atomic mass is 16.5. The molecule has 1 aliphatic rings. The number of nitrogens with zero attached hydrogens (tertiary/aromatic N) is 1. The maximum absolute atomic E-state index is 12.4. The molecule has 24 heavy (non-hydrogen) atoms. The second kappa shape index (κ2) is 7.30. The van der Waals surface area contributed by atoms with E-state index in [2.05, 4.69) is 16.4 Å². The maximum Gasteiger partial charge on any atom is 0.225 e. The van der Waals surface area contributed by atoms with Gasteiger partial charge in [0, 0.05) is 12.6 Å². The minimum atomic E-state index is -0.000469. The third-order valence-electron chi connectivity index (χ3n) is 4.31. The number of aliphatic imine (C=N–C) groups is 1. The molecule has 124 valence electrons. The SMILES string of the molecule is COc1cccc(C(C)CC(=O)Nc2cccc3c2N=CCC3)c1. The van der Waals surface area contributed by atoms with Crippen molar-refractivity contribution >= 4 is 23.5 Å². The fraction of sp³-hybridized carbons (Fsp3) is 0.300. The number of amides is 1. The predicted octanol–water partition coefficient (Wildman–Crippen LogP) is 4.48. The predicted molar refractivity (Wildman–Crippen MR) is 97.6 cm³/mol. The molecular weight excluding hydrogens is 300 g/mol. The molecule has 1 amide bonds. The van der Waals surface area contributed by atoms with Crippen molar-refractivity contribution in [3.63, 3.8) is 0 Å². The highest BCUT2D eigenvalue weighted by molar-refractivity contribution is 5.95. The Bertz CT molecular complexity index is 768. The first-order valence-electron chi connectivity index (χ1n) is 8.25. The topological polar surface area (TPSA) is 50.7 Å². The lowest BCUT2D eigenvalue weighted by Crippen LogP contribution is -2.15. The fourth-order valence-corrected chi connectivity index (χ4v) is 2.97. The smallest absolute Gasteiger partial charge is 0.225 e. The van der Waals surface area contributed by atoms with E-state index in [1.165, 1.54) is 5.56 Å². The molecule has 4 nitrogen and oxygen atoms in total. The first-order valence-corrected chi connectivity index (χ1v) is 8.25. The van der Waals surface area contributed by atoms with Gasteiger partial charge in [0.15, 0.2) is 0 Å². The summed E-state index contributed by atoms with van der Waals surface area (Å²) in [6.45, 7) is 2.05. The van der Waals surface area contributed by atoms with Crippen LogP contribution in [0.15, 0.2) is 47.5 Å². The molecule has 0 saturated heterocycles. The molecule has 0 bridgehead atoms. The minimum absolute atomic E-state index is 0.000469. The zero-order valence-electron chi connectivity index (χ0n) is 14.1. The number of ether oxygens (including phenoxy) is 1. The Hall–Kier alpha value is -2.62. The first kappa shape index (κ1) is 16.2. The monoisotopic (exact) mass is 322 g/mol. The van der Waals surface area contributed by atoms with E-state index in [4.69, 9.17) is 4.74 Å². The Morgan fingerprint density at radius 2 is 2.12 bits per heavy atom. The number of methoxy groups -OCH3 is 1. The van der Waals surface area contributed by atoms with Crippen molar-refractivity contribution in [1.29, 1.82) is 0 Å². The number of aryl methyl sites for hydroxylation is 1. The standard InChI is InChI=1S/C20H22N2O2/c1-14(16-7-3-9-17(13-16)24-2)12-19(23)22-18-10-4-6-15-8-5-11-21-20(15)18/h3-4,6-7,9-11,13-14H,5,8,12H2,1-2H3,(H,22,23). The van der Waals surface area contributed by atoms with Gasteiger partial charge in [-0.1, -0.05) is 31.2 Å². The van der Waals surface area contributed by atoms with E-state index in [0.29, 0.717) is 6.42 Å². The van der Waals surface area contributed by atoms with Gasteiger partial charge in [-0.2, -0.15) is 0 Å². The van der Waals surface area contributed by atoms with Crippen LogP contribution in [-0.2, 0) is 11.2 Å². The average Bonchev–Trinajstić information content (AvgIpc) is 2.62. The molecule has 0 saturated carbocycles. The highest BCUT2D eigenvalue weighted by Crippen LogP contribution is 2.33.